The van der Waals surface area contributed by atoms with E-state index in [0.29, 0.717) is 17.5 Å². The third kappa shape index (κ3) is 5.32. The van der Waals surface area contributed by atoms with E-state index in [1.165, 1.54) is 24.9 Å². The Balaban J connectivity index is 2.00. The monoisotopic (exact) mass is 457 g/mol. The van der Waals surface area contributed by atoms with Crippen molar-refractivity contribution in [3.63, 3.8) is 0 Å². The van der Waals surface area contributed by atoms with E-state index in [-0.39, 0.29) is 11.5 Å². The van der Waals surface area contributed by atoms with Gasteiger partial charge in [0.15, 0.2) is 6.10 Å². The smallest absolute Gasteiger partial charge is 0.263 e. The number of imide groups is 1. The van der Waals surface area contributed by atoms with Crippen molar-refractivity contribution in [2.75, 3.05) is 13.6 Å². The molecular formula is C24H25F2N3O4. The number of benzene rings is 2. The van der Waals surface area contributed by atoms with Crippen LogP contribution in [0.3, 0.4) is 0 Å². The topological polar surface area (TPSA) is 104 Å². The predicted octanol–water partition coefficient (Wildman–Crippen LogP) is 1.88. The van der Waals surface area contributed by atoms with Crippen molar-refractivity contribution in [2.24, 2.45) is 5.73 Å². The lowest BCUT2D eigenvalue weighted by Gasteiger charge is -2.32. The molecule has 2 aromatic rings. The molecule has 3 amide bonds. The van der Waals surface area contributed by atoms with Crippen LogP contribution in [0.5, 0.6) is 0 Å². The molecule has 0 saturated carbocycles. The van der Waals surface area contributed by atoms with Gasteiger partial charge in [-0.15, -0.1) is 0 Å². The number of carbonyl (C=O) groups is 3. The zero-order valence-electron chi connectivity index (χ0n) is 18.2. The summed E-state index contributed by atoms with van der Waals surface area (Å²) in [6, 6.07) is 8.95. The van der Waals surface area contributed by atoms with Crippen LogP contribution in [0.2, 0.25) is 0 Å². The molecule has 0 unspecified atom stereocenters. The fraction of sp³-hybridized carbons (Fsp3) is 0.292. The van der Waals surface area contributed by atoms with E-state index in [2.05, 4.69) is 0 Å². The Labute approximate surface area is 190 Å². The first kappa shape index (κ1) is 24.2. The van der Waals surface area contributed by atoms with Crippen molar-refractivity contribution in [2.45, 2.75) is 31.0 Å². The van der Waals surface area contributed by atoms with Gasteiger partial charge in [-0.05, 0) is 30.2 Å². The number of hydrogen-bond acceptors (Lipinski definition) is 5. The minimum absolute atomic E-state index is 0.199. The van der Waals surface area contributed by atoms with Gasteiger partial charge in [0, 0.05) is 25.6 Å². The largest absolute Gasteiger partial charge is 0.378 e. The molecule has 4 atom stereocenters. The van der Waals surface area contributed by atoms with Crippen LogP contribution in [0, 0.1) is 11.6 Å². The molecule has 3 N–H and O–H groups in total. The number of aliphatic hydroxyl groups is 1. The predicted molar refractivity (Wildman–Crippen MR) is 117 cm³/mol. The summed E-state index contributed by atoms with van der Waals surface area (Å²) in [5.74, 6) is -4.89. The fourth-order valence-corrected chi connectivity index (χ4v) is 3.72. The molecular weight excluding hydrogens is 432 g/mol. The van der Waals surface area contributed by atoms with E-state index in [1.807, 2.05) is 30.3 Å². The molecule has 174 valence electrons. The van der Waals surface area contributed by atoms with Gasteiger partial charge in [-0.1, -0.05) is 42.5 Å². The van der Waals surface area contributed by atoms with E-state index < -0.39 is 47.5 Å². The number of hydrogen-bond donors (Lipinski definition) is 2. The number of nitrogens with zero attached hydrogens (tertiary/aromatic N) is 2. The highest BCUT2D eigenvalue weighted by atomic mass is 19.1. The van der Waals surface area contributed by atoms with E-state index in [9.17, 15) is 28.3 Å². The van der Waals surface area contributed by atoms with Crippen LogP contribution in [0.25, 0.3) is 0 Å². The summed E-state index contributed by atoms with van der Waals surface area (Å²) < 4.78 is 27.3. The van der Waals surface area contributed by atoms with Crippen molar-refractivity contribution < 1.29 is 28.3 Å². The normalized spacial score (nSPS) is 20.2. The molecule has 1 aliphatic rings. The maximum Gasteiger partial charge on any atom is 0.263 e. The highest BCUT2D eigenvalue weighted by Crippen LogP contribution is 2.26. The van der Waals surface area contributed by atoms with Crippen molar-refractivity contribution in [3.8, 4) is 0 Å². The molecule has 7 nitrogen and oxygen atoms in total. The van der Waals surface area contributed by atoms with E-state index >= 15 is 0 Å². The summed E-state index contributed by atoms with van der Waals surface area (Å²) in [5, 5.41) is 10.6. The van der Waals surface area contributed by atoms with Crippen LogP contribution < -0.4 is 5.73 Å². The van der Waals surface area contributed by atoms with Gasteiger partial charge in [-0.2, -0.15) is 0 Å². The molecule has 0 aromatic heterocycles. The van der Waals surface area contributed by atoms with Gasteiger partial charge >= 0.3 is 0 Å². The van der Waals surface area contributed by atoms with Crippen molar-refractivity contribution >= 4 is 17.7 Å². The molecule has 33 heavy (non-hydrogen) atoms. The molecule has 0 saturated heterocycles. The fourth-order valence-electron chi connectivity index (χ4n) is 3.72. The van der Waals surface area contributed by atoms with E-state index in [4.69, 9.17) is 5.73 Å². The molecule has 0 spiro atoms. The maximum atomic E-state index is 13.6. The lowest BCUT2D eigenvalue weighted by Crippen LogP contribution is -2.56. The highest BCUT2D eigenvalue weighted by Gasteiger charge is 2.40. The third-order valence-electron chi connectivity index (χ3n) is 5.43. The van der Waals surface area contributed by atoms with E-state index in [0.717, 1.165) is 17.7 Å². The second-order valence-corrected chi connectivity index (χ2v) is 8.01. The van der Waals surface area contributed by atoms with Gasteiger partial charge < -0.3 is 15.7 Å². The summed E-state index contributed by atoms with van der Waals surface area (Å²) in [5.41, 5.74) is 6.25. The molecule has 0 radical (unpaired) electrons. The summed E-state index contributed by atoms with van der Waals surface area (Å²) in [6.07, 6.45) is 1.04. The van der Waals surface area contributed by atoms with Crippen LogP contribution >= 0.6 is 0 Å². The Hall–Kier alpha value is -3.43. The minimum Gasteiger partial charge on any atom is -0.378 e. The first-order valence-electron chi connectivity index (χ1n) is 10.3. The number of halogens is 2. The van der Waals surface area contributed by atoms with Gasteiger partial charge in [0.25, 0.3) is 5.91 Å². The number of carbonyl (C=O) groups excluding carboxylic acids is 3. The van der Waals surface area contributed by atoms with Crippen LogP contribution in [-0.4, -0.2) is 58.3 Å². The summed E-state index contributed by atoms with van der Waals surface area (Å²) in [7, 11) is 1.54. The lowest BCUT2D eigenvalue weighted by atomic mass is 9.98. The van der Waals surface area contributed by atoms with Gasteiger partial charge in [-0.25, -0.2) is 8.78 Å². The van der Waals surface area contributed by atoms with Crippen molar-refractivity contribution in [3.05, 3.63) is 83.4 Å². The van der Waals surface area contributed by atoms with Crippen LogP contribution in [0.4, 0.5) is 8.78 Å². The van der Waals surface area contributed by atoms with Crippen LogP contribution in [0.1, 0.15) is 30.1 Å². The quantitative estimate of drug-likeness (QED) is 0.668. The molecule has 3 rings (SSSR count). The summed E-state index contributed by atoms with van der Waals surface area (Å²) in [6.45, 7) is 1.63. The molecule has 9 heteroatoms. The lowest BCUT2D eigenvalue weighted by molar-refractivity contribution is -0.158. The molecule has 0 aliphatic carbocycles. The first-order chi connectivity index (χ1) is 15.6. The highest BCUT2D eigenvalue weighted by molar-refractivity contribution is 6.04. The third-order valence-corrected chi connectivity index (χ3v) is 5.43. The van der Waals surface area contributed by atoms with Crippen LogP contribution in [-0.2, 0) is 14.4 Å². The Bertz CT molecular complexity index is 1050. The standard InChI is InChI=1S/C24H25F2N3O4/c1-14(27)22(31)29(24(33)21(30)17-10-18(25)12-19(26)11-17)20-9-8-16(13-28(2)23(20)32)15-6-4-3-5-7-15/h3-12,14,16,20-21,30H,13,27H2,1-2H3/t14-,16+,20-,21-/m0/s1. The Morgan fingerprint density at radius 2 is 1.70 bits per heavy atom. The molecule has 0 bridgehead atoms. The molecule has 0 fully saturated rings. The molecule has 1 heterocycles. The summed E-state index contributed by atoms with van der Waals surface area (Å²) >= 11 is 0. The van der Waals surface area contributed by atoms with E-state index in [1.54, 1.807) is 6.08 Å². The average Bonchev–Trinajstić information content (AvgIpc) is 2.92. The van der Waals surface area contributed by atoms with Crippen molar-refractivity contribution in [1.29, 1.82) is 0 Å². The minimum atomic E-state index is -2.09. The second kappa shape index (κ2) is 10.0. The number of nitrogens with two attached hydrogens (primary N) is 1. The Morgan fingerprint density at radius 3 is 2.27 bits per heavy atom. The van der Waals surface area contributed by atoms with Crippen LogP contribution in [0.15, 0.2) is 60.7 Å². The second-order valence-electron chi connectivity index (χ2n) is 8.01. The number of amides is 3. The average molecular weight is 457 g/mol. The SMILES string of the molecule is C[C@H](N)C(=O)N(C(=O)[C@@H](O)c1cc(F)cc(F)c1)[C@H]1C=C[C@@H](c2ccccc2)CN(C)C1=O. The van der Waals surface area contributed by atoms with Gasteiger partial charge in [0.05, 0.1) is 6.04 Å². The molecule has 1 aliphatic heterocycles. The Morgan fingerprint density at radius 1 is 1.09 bits per heavy atom. The van der Waals surface area contributed by atoms with Gasteiger partial charge in [-0.3, -0.25) is 19.3 Å². The Kier molecular flexibility index (Phi) is 7.35. The van der Waals surface area contributed by atoms with Crippen molar-refractivity contribution in [1.82, 2.24) is 9.80 Å². The maximum absolute atomic E-state index is 13.6. The zero-order chi connectivity index (χ0) is 24.3. The number of aliphatic hydroxyl groups excluding tert-OH is 1. The molecule has 2 aromatic carbocycles. The van der Waals surface area contributed by atoms with Gasteiger partial charge in [0.2, 0.25) is 11.8 Å². The first-order valence-corrected chi connectivity index (χ1v) is 10.3. The number of rotatable bonds is 5. The van der Waals surface area contributed by atoms with Gasteiger partial charge in [0.1, 0.15) is 17.7 Å². The summed E-state index contributed by atoms with van der Waals surface area (Å²) in [4.78, 5) is 41.2. The number of likely N-dealkylation sites (N-methyl/N-ethyl adjacent to an activating group) is 1. The zero-order valence-corrected chi connectivity index (χ0v) is 18.2.